The Morgan fingerprint density at radius 3 is 2.81 bits per heavy atom. The van der Waals surface area contributed by atoms with E-state index in [2.05, 4.69) is 37.6 Å². The summed E-state index contributed by atoms with van der Waals surface area (Å²) in [7, 11) is 0. The minimum absolute atomic E-state index is 0.0000344. The standard InChI is InChI=1S/C24H27N7O/c1-14-16(3-6-23(26-14)30-10-17-9-18(17)11-30)12-31-13-22(28-29-31)24(32)27-21-5-4-19-15(2)25-8-7-20(19)21/h3,6-8,13,17-18,21H,4-5,9-12H2,1-2H3,(H,27,32)/t17?,18?,21-/m1/s1. The fourth-order valence-electron chi connectivity index (χ4n) is 5.25. The van der Waals surface area contributed by atoms with E-state index in [0.29, 0.717) is 12.2 Å². The van der Waals surface area contributed by atoms with Gasteiger partial charge in [0, 0.05) is 30.7 Å². The second-order valence-corrected chi connectivity index (χ2v) is 9.41. The Kier molecular flexibility index (Phi) is 4.48. The lowest BCUT2D eigenvalue weighted by atomic mass is 10.1. The predicted molar refractivity (Wildman–Crippen MR) is 119 cm³/mol. The summed E-state index contributed by atoms with van der Waals surface area (Å²) in [6.45, 7) is 6.88. The Balaban J connectivity index is 1.12. The monoisotopic (exact) mass is 429 g/mol. The third kappa shape index (κ3) is 3.43. The van der Waals surface area contributed by atoms with Crippen molar-refractivity contribution in [2.24, 2.45) is 11.8 Å². The lowest BCUT2D eigenvalue weighted by molar-refractivity contribution is 0.0931. The van der Waals surface area contributed by atoms with E-state index >= 15 is 0 Å². The van der Waals surface area contributed by atoms with Gasteiger partial charge in [0.25, 0.3) is 5.91 Å². The Bertz CT molecular complexity index is 1190. The van der Waals surface area contributed by atoms with Crippen LogP contribution in [0.4, 0.5) is 5.82 Å². The number of rotatable bonds is 5. The second kappa shape index (κ2) is 7.39. The maximum absolute atomic E-state index is 12.8. The van der Waals surface area contributed by atoms with Gasteiger partial charge in [0.1, 0.15) is 5.82 Å². The minimum Gasteiger partial charge on any atom is -0.356 e. The number of amides is 1. The zero-order chi connectivity index (χ0) is 21.8. The Morgan fingerprint density at radius 1 is 1.16 bits per heavy atom. The zero-order valence-electron chi connectivity index (χ0n) is 18.5. The van der Waals surface area contributed by atoms with Crippen LogP contribution in [0.25, 0.3) is 0 Å². The second-order valence-electron chi connectivity index (χ2n) is 9.41. The Hall–Kier alpha value is -3.29. The molecular formula is C24H27N7O. The first-order valence-electron chi connectivity index (χ1n) is 11.4. The number of aryl methyl sites for hydroxylation is 2. The van der Waals surface area contributed by atoms with Crippen LogP contribution in [0.3, 0.4) is 0 Å². The number of anilines is 1. The molecular weight excluding hydrogens is 402 g/mol. The van der Waals surface area contributed by atoms with Crippen molar-refractivity contribution in [2.75, 3.05) is 18.0 Å². The number of fused-ring (bicyclic) bond motifs is 2. The Morgan fingerprint density at radius 2 is 2.00 bits per heavy atom. The third-order valence-electron chi connectivity index (χ3n) is 7.26. The maximum atomic E-state index is 12.8. The molecule has 32 heavy (non-hydrogen) atoms. The molecule has 6 rings (SSSR count). The van der Waals surface area contributed by atoms with Gasteiger partial charge in [-0.3, -0.25) is 9.78 Å². The maximum Gasteiger partial charge on any atom is 0.273 e. The summed E-state index contributed by atoms with van der Waals surface area (Å²) in [6, 6.07) is 6.22. The first-order valence-corrected chi connectivity index (χ1v) is 11.4. The number of pyridine rings is 2. The largest absolute Gasteiger partial charge is 0.356 e. The van der Waals surface area contributed by atoms with Crippen LogP contribution in [-0.2, 0) is 13.0 Å². The number of carbonyl (C=O) groups excluding carboxylic acids is 1. The van der Waals surface area contributed by atoms with Crippen LogP contribution >= 0.6 is 0 Å². The highest BCUT2D eigenvalue weighted by atomic mass is 16.2. The van der Waals surface area contributed by atoms with E-state index in [1.807, 2.05) is 26.1 Å². The van der Waals surface area contributed by atoms with E-state index in [1.165, 1.54) is 12.0 Å². The van der Waals surface area contributed by atoms with Crippen molar-refractivity contribution in [3.05, 3.63) is 64.4 Å². The molecule has 3 aliphatic rings. The van der Waals surface area contributed by atoms with Gasteiger partial charge in [0.05, 0.1) is 18.8 Å². The summed E-state index contributed by atoms with van der Waals surface area (Å²) in [5, 5.41) is 11.4. The normalized spacial score (nSPS) is 23.2. The fraction of sp³-hybridized carbons (Fsp3) is 0.458. The lowest BCUT2D eigenvalue weighted by Crippen LogP contribution is -2.27. The highest BCUT2D eigenvalue weighted by Crippen LogP contribution is 2.46. The van der Waals surface area contributed by atoms with Crippen molar-refractivity contribution >= 4 is 11.7 Å². The molecule has 0 aromatic carbocycles. The summed E-state index contributed by atoms with van der Waals surface area (Å²) in [5.74, 6) is 2.64. The van der Waals surface area contributed by atoms with Gasteiger partial charge in [0.15, 0.2) is 5.69 Å². The zero-order valence-corrected chi connectivity index (χ0v) is 18.5. The van der Waals surface area contributed by atoms with E-state index in [4.69, 9.17) is 4.98 Å². The topological polar surface area (TPSA) is 88.8 Å². The van der Waals surface area contributed by atoms with Gasteiger partial charge >= 0.3 is 0 Å². The molecule has 3 atom stereocenters. The number of nitrogens with zero attached hydrogens (tertiary/aromatic N) is 6. The number of aromatic nitrogens is 5. The first-order chi connectivity index (χ1) is 15.5. The van der Waals surface area contributed by atoms with Gasteiger partial charge in [-0.05, 0) is 73.8 Å². The van der Waals surface area contributed by atoms with E-state index in [1.54, 1.807) is 10.9 Å². The van der Waals surface area contributed by atoms with Gasteiger partial charge in [0.2, 0.25) is 0 Å². The minimum atomic E-state index is -0.193. The summed E-state index contributed by atoms with van der Waals surface area (Å²) >= 11 is 0. The molecule has 4 heterocycles. The van der Waals surface area contributed by atoms with Crippen molar-refractivity contribution in [3.8, 4) is 0 Å². The van der Waals surface area contributed by atoms with Crippen molar-refractivity contribution in [3.63, 3.8) is 0 Å². The van der Waals surface area contributed by atoms with Crippen molar-refractivity contribution in [2.45, 2.75) is 45.7 Å². The highest BCUT2D eigenvalue weighted by Gasteiger charge is 2.45. The van der Waals surface area contributed by atoms with E-state index in [9.17, 15) is 4.79 Å². The summed E-state index contributed by atoms with van der Waals surface area (Å²) in [4.78, 5) is 24.4. The molecule has 1 saturated heterocycles. The fourth-order valence-corrected chi connectivity index (χ4v) is 5.25. The average Bonchev–Trinajstić information content (AvgIpc) is 3.17. The molecule has 2 aliphatic carbocycles. The van der Waals surface area contributed by atoms with Crippen LogP contribution < -0.4 is 10.2 Å². The smallest absolute Gasteiger partial charge is 0.273 e. The Labute approximate surface area is 187 Å². The van der Waals surface area contributed by atoms with Crippen LogP contribution in [0.1, 0.15) is 57.5 Å². The number of hydrogen-bond donors (Lipinski definition) is 1. The molecule has 8 nitrogen and oxygen atoms in total. The lowest BCUT2D eigenvalue weighted by Gasteiger charge is -2.20. The van der Waals surface area contributed by atoms with Gasteiger partial charge in [-0.1, -0.05) is 11.3 Å². The summed E-state index contributed by atoms with van der Waals surface area (Å²) in [6.07, 6.45) is 6.73. The molecule has 2 unspecified atom stereocenters. The van der Waals surface area contributed by atoms with E-state index in [0.717, 1.165) is 66.1 Å². The molecule has 0 spiro atoms. The van der Waals surface area contributed by atoms with E-state index < -0.39 is 0 Å². The van der Waals surface area contributed by atoms with Crippen LogP contribution in [-0.4, -0.2) is 44.0 Å². The molecule has 3 aromatic rings. The molecule has 2 fully saturated rings. The van der Waals surface area contributed by atoms with Crippen LogP contribution in [0.15, 0.2) is 30.6 Å². The average molecular weight is 430 g/mol. The van der Waals surface area contributed by atoms with Crippen LogP contribution in [0.2, 0.25) is 0 Å². The first kappa shape index (κ1) is 19.4. The van der Waals surface area contributed by atoms with Gasteiger partial charge < -0.3 is 10.2 Å². The molecule has 1 aliphatic heterocycles. The van der Waals surface area contributed by atoms with Crippen molar-refractivity contribution in [1.82, 2.24) is 30.3 Å². The predicted octanol–water partition coefficient (Wildman–Crippen LogP) is 2.61. The molecule has 164 valence electrons. The molecule has 1 N–H and O–H groups in total. The van der Waals surface area contributed by atoms with Crippen molar-refractivity contribution < 1.29 is 4.79 Å². The van der Waals surface area contributed by atoms with Gasteiger partial charge in [-0.2, -0.15) is 0 Å². The number of nitrogens with one attached hydrogen (secondary N) is 1. The summed E-state index contributed by atoms with van der Waals surface area (Å²) in [5.41, 5.74) is 5.87. The highest BCUT2D eigenvalue weighted by molar-refractivity contribution is 5.92. The molecule has 1 amide bonds. The van der Waals surface area contributed by atoms with Gasteiger partial charge in [-0.15, -0.1) is 5.10 Å². The van der Waals surface area contributed by atoms with Crippen LogP contribution in [0, 0.1) is 25.7 Å². The molecule has 1 saturated carbocycles. The molecule has 0 radical (unpaired) electrons. The van der Waals surface area contributed by atoms with E-state index in [-0.39, 0.29) is 11.9 Å². The quantitative estimate of drug-likeness (QED) is 0.671. The van der Waals surface area contributed by atoms with Crippen LogP contribution in [0.5, 0.6) is 0 Å². The third-order valence-corrected chi connectivity index (χ3v) is 7.26. The number of carbonyl (C=O) groups is 1. The SMILES string of the molecule is Cc1nc(N2CC3CC3C2)ccc1Cn1cc(C(=O)N[C@@H]2CCc3c2ccnc3C)nn1. The number of hydrogen-bond acceptors (Lipinski definition) is 6. The molecule has 8 heteroatoms. The molecule has 3 aromatic heterocycles. The number of piperidine rings is 1. The van der Waals surface area contributed by atoms with Gasteiger partial charge in [-0.25, -0.2) is 9.67 Å². The summed E-state index contributed by atoms with van der Waals surface area (Å²) < 4.78 is 1.71. The molecule has 0 bridgehead atoms. The van der Waals surface area contributed by atoms with Crippen molar-refractivity contribution in [1.29, 1.82) is 0 Å².